The molecular weight excluding hydrogens is 311 g/mol. The molecule has 1 aliphatic heterocycles. The van der Waals surface area contributed by atoms with E-state index in [1.165, 1.54) is 0 Å². The lowest BCUT2D eigenvalue weighted by Gasteiger charge is -2.32. The lowest BCUT2D eigenvalue weighted by molar-refractivity contribution is -0.136. The molecule has 0 atom stereocenters. The van der Waals surface area contributed by atoms with Crippen LogP contribution in [0.4, 0.5) is 0 Å². The number of likely N-dealkylation sites (tertiary alicyclic amines) is 1. The van der Waals surface area contributed by atoms with Gasteiger partial charge >= 0.3 is 0 Å². The van der Waals surface area contributed by atoms with E-state index in [1.54, 1.807) is 13.2 Å². The number of carbonyl (C=O) groups is 1. The molecule has 0 bridgehead atoms. The van der Waals surface area contributed by atoms with Crippen molar-refractivity contribution in [3.05, 3.63) is 33.8 Å². The van der Waals surface area contributed by atoms with Gasteiger partial charge in [0.15, 0.2) is 0 Å². The largest absolute Gasteiger partial charge is 0.375 e. The Morgan fingerprint density at radius 3 is 2.48 bits per heavy atom. The maximum Gasteiger partial charge on any atom is 0.248 e. The van der Waals surface area contributed by atoms with Crippen LogP contribution in [0.2, 0.25) is 10.0 Å². The normalized spacial score (nSPS) is 16.2. The fourth-order valence-corrected chi connectivity index (χ4v) is 3.09. The molecule has 1 heterocycles. The van der Waals surface area contributed by atoms with E-state index >= 15 is 0 Å². The van der Waals surface area contributed by atoms with Crippen molar-refractivity contribution in [2.45, 2.75) is 25.4 Å². The summed E-state index contributed by atoms with van der Waals surface area (Å²) in [6.07, 6.45) is 1.90. The second-order valence-corrected chi connectivity index (χ2v) is 6.12. The zero-order chi connectivity index (χ0) is 15.2. The number of nitrogens with one attached hydrogen (secondary N) is 1. The Kier molecular flexibility index (Phi) is 6.30. The van der Waals surface area contributed by atoms with E-state index in [0.29, 0.717) is 16.1 Å². The number of halogens is 2. The summed E-state index contributed by atoms with van der Waals surface area (Å²) in [5.41, 5.74) is 1.07. The molecule has 0 spiro atoms. The first-order valence-electron chi connectivity index (χ1n) is 7.03. The van der Waals surface area contributed by atoms with E-state index in [0.717, 1.165) is 38.0 Å². The van der Waals surface area contributed by atoms with Gasteiger partial charge in [-0.2, -0.15) is 0 Å². The van der Waals surface area contributed by atoms with E-state index in [4.69, 9.17) is 27.9 Å². The van der Waals surface area contributed by atoms with Crippen LogP contribution in [0.3, 0.4) is 0 Å². The van der Waals surface area contributed by atoms with E-state index < -0.39 is 0 Å². The molecule has 0 aromatic heterocycles. The van der Waals surface area contributed by atoms with Crippen LogP contribution in [0.25, 0.3) is 0 Å². The monoisotopic (exact) mass is 330 g/mol. The third-order valence-corrected chi connectivity index (χ3v) is 4.07. The standard InChI is InChI=1S/C15H20Cl2N2O2/c1-21-10-15(20)19-4-2-14(3-5-19)18-9-11-6-12(16)8-13(17)7-11/h6-8,14,18H,2-5,9-10H2,1H3. The average molecular weight is 331 g/mol. The van der Waals surface area contributed by atoms with Crippen molar-refractivity contribution in [3.63, 3.8) is 0 Å². The van der Waals surface area contributed by atoms with Gasteiger partial charge in [-0.1, -0.05) is 23.2 Å². The number of rotatable bonds is 5. The molecule has 0 unspecified atom stereocenters. The summed E-state index contributed by atoms with van der Waals surface area (Å²) in [7, 11) is 1.54. The Bertz CT molecular complexity index is 468. The molecule has 1 aromatic carbocycles. The molecule has 0 aliphatic carbocycles. The van der Waals surface area contributed by atoms with Gasteiger partial charge in [-0.25, -0.2) is 0 Å². The van der Waals surface area contributed by atoms with Crippen LogP contribution >= 0.6 is 23.2 Å². The number of hydrogen-bond donors (Lipinski definition) is 1. The first kappa shape index (κ1) is 16.6. The van der Waals surface area contributed by atoms with Crippen LogP contribution in [-0.2, 0) is 16.1 Å². The van der Waals surface area contributed by atoms with Crippen molar-refractivity contribution in [1.29, 1.82) is 0 Å². The van der Waals surface area contributed by atoms with Crippen molar-refractivity contribution in [1.82, 2.24) is 10.2 Å². The maximum atomic E-state index is 11.7. The Labute approximate surface area is 135 Å². The highest BCUT2D eigenvalue weighted by atomic mass is 35.5. The van der Waals surface area contributed by atoms with Gasteiger partial charge in [0.2, 0.25) is 5.91 Å². The molecule has 1 N–H and O–H groups in total. The van der Waals surface area contributed by atoms with Crippen molar-refractivity contribution < 1.29 is 9.53 Å². The molecule has 0 saturated carbocycles. The quantitative estimate of drug-likeness (QED) is 0.902. The van der Waals surface area contributed by atoms with Gasteiger partial charge in [-0.05, 0) is 36.6 Å². The number of carbonyl (C=O) groups excluding carboxylic acids is 1. The molecular formula is C15H20Cl2N2O2. The van der Waals surface area contributed by atoms with Crippen molar-refractivity contribution in [2.24, 2.45) is 0 Å². The van der Waals surface area contributed by atoms with Crippen LogP contribution < -0.4 is 5.32 Å². The molecule has 21 heavy (non-hydrogen) atoms. The second-order valence-electron chi connectivity index (χ2n) is 5.25. The number of nitrogens with zero attached hydrogens (tertiary/aromatic N) is 1. The average Bonchev–Trinajstić information content (AvgIpc) is 2.45. The fraction of sp³-hybridized carbons (Fsp3) is 0.533. The second kappa shape index (κ2) is 7.99. The predicted molar refractivity (Wildman–Crippen MR) is 84.8 cm³/mol. The Balaban J connectivity index is 1.77. The molecule has 6 heteroatoms. The molecule has 0 radical (unpaired) electrons. The smallest absolute Gasteiger partial charge is 0.248 e. The molecule has 1 aromatic rings. The summed E-state index contributed by atoms with van der Waals surface area (Å²) < 4.78 is 4.88. The molecule has 1 saturated heterocycles. The number of hydrogen-bond acceptors (Lipinski definition) is 3. The summed E-state index contributed by atoms with van der Waals surface area (Å²) in [4.78, 5) is 13.6. The van der Waals surface area contributed by atoms with Gasteiger partial charge in [0.05, 0.1) is 0 Å². The minimum absolute atomic E-state index is 0.0672. The molecule has 2 rings (SSSR count). The summed E-state index contributed by atoms with van der Waals surface area (Å²) in [6, 6.07) is 5.97. The van der Waals surface area contributed by atoms with Crippen molar-refractivity contribution >= 4 is 29.1 Å². The number of methoxy groups -OCH3 is 1. The summed E-state index contributed by atoms with van der Waals surface area (Å²) in [5, 5.41) is 4.80. The fourth-order valence-electron chi connectivity index (χ4n) is 2.52. The highest BCUT2D eigenvalue weighted by Gasteiger charge is 2.22. The Morgan fingerprint density at radius 1 is 1.29 bits per heavy atom. The maximum absolute atomic E-state index is 11.7. The van der Waals surface area contributed by atoms with Crippen LogP contribution in [0.5, 0.6) is 0 Å². The molecule has 116 valence electrons. The van der Waals surface area contributed by atoms with Crippen LogP contribution in [-0.4, -0.2) is 43.7 Å². The van der Waals surface area contributed by atoms with E-state index in [9.17, 15) is 4.79 Å². The molecule has 1 fully saturated rings. The highest BCUT2D eigenvalue weighted by Crippen LogP contribution is 2.19. The zero-order valence-electron chi connectivity index (χ0n) is 12.1. The minimum Gasteiger partial charge on any atom is -0.375 e. The number of benzene rings is 1. The molecule has 1 amide bonds. The highest BCUT2D eigenvalue weighted by molar-refractivity contribution is 6.34. The third kappa shape index (κ3) is 5.15. The van der Waals surface area contributed by atoms with E-state index in [1.807, 2.05) is 17.0 Å². The molecule has 1 aliphatic rings. The van der Waals surface area contributed by atoms with Crippen LogP contribution in [0.15, 0.2) is 18.2 Å². The SMILES string of the molecule is COCC(=O)N1CCC(NCc2cc(Cl)cc(Cl)c2)CC1. The van der Waals surface area contributed by atoms with Crippen LogP contribution in [0.1, 0.15) is 18.4 Å². The van der Waals surface area contributed by atoms with E-state index in [2.05, 4.69) is 5.32 Å². The van der Waals surface area contributed by atoms with Gasteiger partial charge < -0.3 is 15.0 Å². The summed E-state index contributed by atoms with van der Waals surface area (Å²) >= 11 is 12.0. The van der Waals surface area contributed by atoms with Gasteiger partial charge in [-0.3, -0.25) is 4.79 Å². The third-order valence-electron chi connectivity index (χ3n) is 3.63. The molecule has 4 nitrogen and oxygen atoms in total. The van der Waals surface area contributed by atoms with Gasteiger partial charge in [0.1, 0.15) is 6.61 Å². The summed E-state index contributed by atoms with van der Waals surface area (Å²) in [5.74, 6) is 0.0672. The number of piperidine rings is 1. The van der Waals surface area contributed by atoms with Gasteiger partial charge in [-0.15, -0.1) is 0 Å². The van der Waals surface area contributed by atoms with E-state index in [-0.39, 0.29) is 12.5 Å². The number of amides is 1. The summed E-state index contributed by atoms with van der Waals surface area (Å²) in [6.45, 7) is 2.45. The van der Waals surface area contributed by atoms with Crippen LogP contribution in [0, 0.1) is 0 Å². The Morgan fingerprint density at radius 2 is 1.90 bits per heavy atom. The first-order valence-corrected chi connectivity index (χ1v) is 7.79. The lowest BCUT2D eigenvalue weighted by atomic mass is 10.0. The lowest BCUT2D eigenvalue weighted by Crippen LogP contribution is -2.45. The zero-order valence-corrected chi connectivity index (χ0v) is 13.6. The topological polar surface area (TPSA) is 41.6 Å². The first-order chi connectivity index (χ1) is 10.1. The van der Waals surface area contributed by atoms with Crippen molar-refractivity contribution in [2.75, 3.05) is 26.8 Å². The van der Waals surface area contributed by atoms with Gasteiger partial charge in [0, 0.05) is 42.8 Å². The van der Waals surface area contributed by atoms with Gasteiger partial charge in [0.25, 0.3) is 0 Å². The Hall–Kier alpha value is -0.810. The minimum atomic E-state index is 0.0672. The van der Waals surface area contributed by atoms with Crippen molar-refractivity contribution in [3.8, 4) is 0 Å². The predicted octanol–water partition coefficient (Wildman–Crippen LogP) is 2.72. The number of ether oxygens (including phenoxy) is 1.